The normalized spacial score (nSPS) is 10.2. The first-order chi connectivity index (χ1) is 7.69. The van der Waals surface area contributed by atoms with E-state index in [0.29, 0.717) is 6.42 Å². The molecule has 0 saturated heterocycles. The van der Waals surface area contributed by atoms with Crippen molar-refractivity contribution in [2.75, 3.05) is 7.11 Å². The number of carbonyl (C=O) groups is 1. The van der Waals surface area contributed by atoms with Crippen LogP contribution in [-0.4, -0.2) is 12.9 Å². The van der Waals surface area contributed by atoms with E-state index in [4.69, 9.17) is 4.74 Å². The highest BCUT2D eigenvalue weighted by molar-refractivity contribution is 5.75. The van der Waals surface area contributed by atoms with Crippen LogP contribution in [0.2, 0.25) is 0 Å². The van der Waals surface area contributed by atoms with Gasteiger partial charge in [-0.15, -0.1) is 0 Å². The fourth-order valence-electron chi connectivity index (χ4n) is 1.93. The third-order valence-electron chi connectivity index (χ3n) is 2.79. The van der Waals surface area contributed by atoms with E-state index < -0.39 is 0 Å². The number of hydrogen-bond acceptors (Lipinski definition) is 2. The Morgan fingerprint density at radius 3 is 2.69 bits per heavy atom. The van der Waals surface area contributed by atoms with Gasteiger partial charge in [0.05, 0.1) is 7.11 Å². The van der Waals surface area contributed by atoms with Crippen molar-refractivity contribution >= 4 is 5.78 Å². The first-order valence-electron chi connectivity index (χ1n) is 5.83. The van der Waals surface area contributed by atoms with Gasteiger partial charge in [-0.1, -0.05) is 19.1 Å². The predicted molar refractivity (Wildman–Crippen MR) is 66.0 cm³/mol. The van der Waals surface area contributed by atoms with Crippen LogP contribution in [0.3, 0.4) is 0 Å². The molecule has 0 aliphatic carbocycles. The van der Waals surface area contributed by atoms with Crippen molar-refractivity contribution in [3.05, 3.63) is 29.3 Å². The van der Waals surface area contributed by atoms with Gasteiger partial charge in [-0.25, -0.2) is 0 Å². The Labute approximate surface area is 97.6 Å². The summed E-state index contributed by atoms with van der Waals surface area (Å²) in [5, 5.41) is 0. The van der Waals surface area contributed by atoms with E-state index in [1.807, 2.05) is 12.1 Å². The van der Waals surface area contributed by atoms with E-state index >= 15 is 0 Å². The van der Waals surface area contributed by atoms with Crippen LogP contribution in [0.4, 0.5) is 0 Å². The second-order valence-corrected chi connectivity index (χ2v) is 4.01. The van der Waals surface area contributed by atoms with Crippen LogP contribution in [0.25, 0.3) is 0 Å². The molecule has 16 heavy (non-hydrogen) atoms. The Balaban J connectivity index is 2.78. The van der Waals surface area contributed by atoms with Gasteiger partial charge in [-0.05, 0) is 43.4 Å². The molecule has 0 bridgehead atoms. The van der Waals surface area contributed by atoms with E-state index in [0.717, 1.165) is 25.0 Å². The number of hydrogen-bond donors (Lipinski definition) is 0. The molecule has 0 radical (unpaired) electrons. The van der Waals surface area contributed by atoms with Gasteiger partial charge in [0, 0.05) is 6.42 Å². The number of carbonyl (C=O) groups excluding carboxylic acids is 1. The minimum absolute atomic E-state index is 0.257. The second kappa shape index (κ2) is 6.31. The Morgan fingerprint density at radius 1 is 1.38 bits per heavy atom. The molecule has 1 rings (SSSR count). The molecule has 0 heterocycles. The van der Waals surface area contributed by atoms with E-state index in [1.54, 1.807) is 14.0 Å². The van der Waals surface area contributed by atoms with Gasteiger partial charge >= 0.3 is 0 Å². The lowest BCUT2D eigenvalue weighted by Crippen LogP contribution is -1.99. The summed E-state index contributed by atoms with van der Waals surface area (Å²) in [4.78, 5) is 10.9. The molecule has 88 valence electrons. The Morgan fingerprint density at radius 2 is 2.12 bits per heavy atom. The molecule has 0 fully saturated rings. The third-order valence-corrected chi connectivity index (χ3v) is 2.79. The minimum Gasteiger partial charge on any atom is -0.496 e. The standard InChI is InChI=1S/C14H20O2/c1-4-12-8-6-10-14(16-3)13(12)9-5-7-11(2)15/h6,8,10H,4-5,7,9H2,1-3H3. The van der Waals surface area contributed by atoms with Gasteiger partial charge in [0.2, 0.25) is 0 Å². The molecule has 0 spiro atoms. The molecule has 1 aromatic rings. The Kier molecular flexibility index (Phi) is 5.03. The summed E-state index contributed by atoms with van der Waals surface area (Å²) < 4.78 is 5.36. The molecule has 1 aromatic carbocycles. The smallest absolute Gasteiger partial charge is 0.129 e. The van der Waals surface area contributed by atoms with Crippen LogP contribution in [0.5, 0.6) is 5.75 Å². The molecule has 2 nitrogen and oxygen atoms in total. The first-order valence-corrected chi connectivity index (χ1v) is 5.83. The van der Waals surface area contributed by atoms with Crippen LogP contribution < -0.4 is 4.74 Å². The fourth-order valence-corrected chi connectivity index (χ4v) is 1.93. The number of benzene rings is 1. The van der Waals surface area contributed by atoms with Gasteiger partial charge in [0.15, 0.2) is 0 Å². The third kappa shape index (κ3) is 3.37. The van der Waals surface area contributed by atoms with Gasteiger partial charge in [-0.3, -0.25) is 0 Å². The lowest BCUT2D eigenvalue weighted by molar-refractivity contribution is -0.117. The van der Waals surface area contributed by atoms with Crippen LogP contribution >= 0.6 is 0 Å². The molecule has 0 aliphatic rings. The maximum Gasteiger partial charge on any atom is 0.129 e. The largest absolute Gasteiger partial charge is 0.496 e. The maximum atomic E-state index is 10.9. The summed E-state index contributed by atoms with van der Waals surface area (Å²) in [6.07, 6.45) is 3.49. The zero-order valence-electron chi connectivity index (χ0n) is 10.4. The molecule has 0 unspecified atom stereocenters. The average molecular weight is 220 g/mol. The number of Topliss-reactive ketones (excluding diaryl/α,β-unsaturated/α-hetero) is 1. The first kappa shape index (κ1) is 12.8. The molecular formula is C14H20O2. The molecule has 2 heteroatoms. The van der Waals surface area contributed by atoms with E-state index in [-0.39, 0.29) is 5.78 Å². The van der Waals surface area contributed by atoms with Crippen molar-refractivity contribution < 1.29 is 9.53 Å². The van der Waals surface area contributed by atoms with Gasteiger partial charge in [0.25, 0.3) is 0 Å². The van der Waals surface area contributed by atoms with Crippen molar-refractivity contribution in [3.8, 4) is 5.75 Å². The summed E-state index contributed by atoms with van der Waals surface area (Å²) in [5.41, 5.74) is 2.58. The van der Waals surface area contributed by atoms with E-state index in [1.165, 1.54) is 11.1 Å². The Bertz CT molecular complexity index is 334. The van der Waals surface area contributed by atoms with Crippen molar-refractivity contribution in [2.45, 2.75) is 39.5 Å². The molecule has 0 atom stereocenters. The van der Waals surface area contributed by atoms with Gasteiger partial charge < -0.3 is 9.53 Å². The lowest BCUT2D eigenvalue weighted by atomic mass is 9.98. The summed E-state index contributed by atoms with van der Waals surface area (Å²) in [5.74, 6) is 1.20. The van der Waals surface area contributed by atoms with Crippen LogP contribution in [-0.2, 0) is 17.6 Å². The number of methoxy groups -OCH3 is 1. The lowest BCUT2D eigenvalue weighted by Gasteiger charge is -2.12. The van der Waals surface area contributed by atoms with Crippen LogP contribution in [0, 0.1) is 0 Å². The van der Waals surface area contributed by atoms with Crippen molar-refractivity contribution in [3.63, 3.8) is 0 Å². The monoisotopic (exact) mass is 220 g/mol. The maximum absolute atomic E-state index is 10.9. The summed E-state index contributed by atoms with van der Waals surface area (Å²) in [6, 6.07) is 6.14. The molecule has 0 aliphatic heterocycles. The van der Waals surface area contributed by atoms with Crippen LogP contribution in [0.1, 0.15) is 37.8 Å². The predicted octanol–water partition coefficient (Wildman–Crippen LogP) is 3.17. The highest BCUT2D eigenvalue weighted by Crippen LogP contribution is 2.24. The molecule has 0 saturated carbocycles. The number of aryl methyl sites for hydroxylation is 1. The number of ether oxygens (including phenoxy) is 1. The van der Waals surface area contributed by atoms with Crippen molar-refractivity contribution in [2.24, 2.45) is 0 Å². The van der Waals surface area contributed by atoms with Gasteiger partial charge in [0.1, 0.15) is 11.5 Å². The molecule has 0 aromatic heterocycles. The zero-order chi connectivity index (χ0) is 12.0. The summed E-state index contributed by atoms with van der Waals surface area (Å²) in [7, 11) is 1.70. The fraction of sp³-hybridized carbons (Fsp3) is 0.500. The molecular weight excluding hydrogens is 200 g/mol. The van der Waals surface area contributed by atoms with Crippen LogP contribution in [0.15, 0.2) is 18.2 Å². The highest BCUT2D eigenvalue weighted by Gasteiger charge is 2.07. The van der Waals surface area contributed by atoms with Crippen molar-refractivity contribution in [1.29, 1.82) is 0 Å². The minimum atomic E-state index is 0.257. The second-order valence-electron chi connectivity index (χ2n) is 4.01. The SMILES string of the molecule is CCc1cccc(OC)c1CCCC(C)=O. The quantitative estimate of drug-likeness (QED) is 0.736. The Hall–Kier alpha value is -1.31. The topological polar surface area (TPSA) is 26.3 Å². The molecule has 0 amide bonds. The van der Waals surface area contributed by atoms with Gasteiger partial charge in [-0.2, -0.15) is 0 Å². The van der Waals surface area contributed by atoms with E-state index in [2.05, 4.69) is 13.0 Å². The number of ketones is 1. The number of rotatable bonds is 6. The summed E-state index contributed by atoms with van der Waals surface area (Å²) in [6.45, 7) is 3.78. The molecule has 0 N–H and O–H groups in total. The zero-order valence-corrected chi connectivity index (χ0v) is 10.4. The van der Waals surface area contributed by atoms with Crippen molar-refractivity contribution in [1.82, 2.24) is 0 Å². The summed E-state index contributed by atoms with van der Waals surface area (Å²) >= 11 is 0. The van der Waals surface area contributed by atoms with E-state index in [9.17, 15) is 4.79 Å². The average Bonchev–Trinajstić information content (AvgIpc) is 2.28. The highest BCUT2D eigenvalue weighted by atomic mass is 16.5.